The van der Waals surface area contributed by atoms with Gasteiger partial charge >= 0.3 is 0 Å². The topological polar surface area (TPSA) is 53.6 Å². The molecule has 0 aromatic heterocycles. The van der Waals surface area contributed by atoms with E-state index in [4.69, 9.17) is 4.74 Å². The van der Waals surface area contributed by atoms with Crippen molar-refractivity contribution in [3.8, 4) is 0 Å². The fourth-order valence-corrected chi connectivity index (χ4v) is 2.72. The van der Waals surface area contributed by atoms with Crippen molar-refractivity contribution in [1.82, 2.24) is 15.8 Å². The van der Waals surface area contributed by atoms with Crippen molar-refractivity contribution in [3.63, 3.8) is 0 Å². The van der Waals surface area contributed by atoms with Gasteiger partial charge in [-0.05, 0) is 37.8 Å². The number of carbonyl (C=O) groups excluding carboxylic acids is 1. The van der Waals surface area contributed by atoms with E-state index in [1.807, 2.05) is 5.01 Å². The van der Waals surface area contributed by atoms with Gasteiger partial charge in [-0.1, -0.05) is 6.92 Å². The van der Waals surface area contributed by atoms with Crippen LogP contribution in [0.25, 0.3) is 0 Å². The minimum absolute atomic E-state index is 0.148. The molecule has 2 unspecified atom stereocenters. The van der Waals surface area contributed by atoms with Crippen molar-refractivity contribution >= 4 is 5.91 Å². The molecule has 1 amide bonds. The van der Waals surface area contributed by atoms with E-state index >= 15 is 0 Å². The second kappa shape index (κ2) is 7.07. The van der Waals surface area contributed by atoms with Crippen LogP contribution in [0.15, 0.2) is 0 Å². The van der Waals surface area contributed by atoms with Crippen LogP contribution < -0.4 is 10.7 Å². The average molecular weight is 255 g/mol. The lowest BCUT2D eigenvalue weighted by molar-refractivity contribution is -0.129. The first-order valence-corrected chi connectivity index (χ1v) is 7.08. The van der Waals surface area contributed by atoms with Crippen LogP contribution in [-0.4, -0.2) is 50.3 Å². The summed E-state index contributed by atoms with van der Waals surface area (Å²) in [6, 6.07) is 0. The second-order valence-corrected chi connectivity index (χ2v) is 5.42. The number of amides is 1. The number of rotatable bonds is 4. The Bertz CT molecular complexity index is 261. The van der Waals surface area contributed by atoms with Crippen LogP contribution in [0.1, 0.15) is 26.2 Å². The molecule has 0 radical (unpaired) electrons. The predicted octanol–water partition coefficient (Wildman–Crippen LogP) is 0.376. The molecular weight excluding hydrogens is 230 g/mol. The van der Waals surface area contributed by atoms with Crippen molar-refractivity contribution < 1.29 is 9.53 Å². The van der Waals surface area contributed by atoms with Gasteiger partial charge in [-0.15, -0.1) is 0 Å². The van der Waals surface area contributed by atoms with E-state index in [1.165, 1.54) is 12.8 Å². The van der Waals surface area contributed by atoms with Crippen molar-refractivity contribution in [2.75, 3.05) is 39.4 Å². The number of hydrazine groups is 1. The SMILES string of the molecule is CC(CC(=O)NN1CCOCC1)C1CCCNC1. The van der Waals surface area contributed by atoms with Crippen LogP contribution in [-0.2, 0) is 9.53 Å². The van der Waals surface area contributed by atoms with E-state index in [9.17, 15) is 4.79 Å². The summed E-state index contributed by atoms with van der Waals surface area (Å²) in [6.07, 6.45) is 3.11. The molecule has 0 saturated carbocycles. The predicted molar refractivity (Wildman–Crippen MR) is 69.9 cm³/mol. The highest BCUT2D eigenvalue weighted by molar-refractivity contribution is 5.75. The molecule has 2 heterocycles. The number of ether oxygens (including phenoxy) is 1. The smallest absolute Gasteiger partial charge is 0.234 e. The standard InChI is InChI=1S/C13H25N3O2/c1-11(12-3-2-4-14-10-12)9-13(17)15-16-5-7-18-8-6-16/h11-12,14H,2-10H2,1H3,(H,15,17). The maximum atomic E-state index is 12.0. The first-order chi connectivity index (χ1) is 8.75. The first-order valence-electron chi connectivity index (χ1n) is 7.08. The third-order valence-corrected chi connectivity index (χ3v) is 3.94. The number of hydrogen-bond acceptors (Lipinski definition) is 4. The summed E-state index contributed by atoms with van der Waals surface area (Å²) in [7, 11) is 0. The minimum atomic E-state index is 0.148. The molecule has 0 bridgehead atoms. The largest absolute Gasteiger partial charge is 0.379 e. The Hall–Kier alpha value is -0.650. The Balaban J connectivity index is 1.68. The Morgan fingerprint density at radius 1 is 1.50 bits per heavy atom. The summed E-state index contributed by atoms with van der Waals surface area (Å²) < 4.78 is 5.26. The van der Waals surface area contributed by atoms with Crippen molar-refractivity contribution in [2.45, 2.75) is 26.2 Å². The lowest BCUT2D eigenvalue weighted by Gasteiger charge is -2.30. The van der Waals surface area contributed by atoms with Crippen LogP contribution >= 0.6 is 0 Å². The van der Waals surface area contributed by atoms with Gasteiger partial charge < -0.3 is 10.1 Å². The van der Waals surface area contributed by atoms with Crippen molar-refractivity contribution in [3.05, 3.63) is 0 Å². The maximum absolute atomic E-state index is 12.0. The van der Waals surface area contributed by atoms with Gasteiger partial charge in [0.15, 0.2) is 0 Å². The van der Waals surface area contributed by atoms with Crippen LogP contribution in [0, 0.1) is 11.8 Å². The number of hydrogen-bond donors (Lipinski definition) is 2. The highest BCUT2D eigenvalue weighted by Crippen LogP contribution is 2.22. The lowest BCUT2D eigenvalue weighted by Crippen LogP contribution is -2.49. The molecule has 2 N–H and O–H groups in total. The highest BCUT2D eigenvalue weighted by Gasteiger charge is 2.23. The molecule has 2 fully saturated rings. The first kappa shape index (κ1) is 13.8. The van der Waals surface area contributed by atoms with Crippen LogP contribution in [0.4, 0.5) is 0 Å². The molecule has 104 valence electrons. The number of nitrogens with zero attached hydrogens (tertiary/aromatic N) is 1. The van der Waals surface area contributed by atoms with Crippen LogP contribution in [0.3, 0.4) is 0 Å². The number of piperidine rings is 1. The molecule has 2 rings (SSSR count). The normalized spacial score (nSPS) is 27.7. The number of nitrogens with one attached hydrogen (secondary N) is 2. The Morgan fingerprint density at radius 2 is 2.28 bits per heavy atom. The van der Waals surface area contributed by atoms with Gasteiger partial charge in [-0.25, -0.2) is 5.01 Å². The zero-order chi connectivity index (χ0) is 12.8. The van der Waals surface area contributed by atoms with E-state index < -0.39 is 0 Å². The molecule has 5 heteroatoms. The number of carbonyl (C=O) groups is 1. The zero-order valence-electron chi connectivity index (χ0n) is 11.3. The minimum Gasteiger partial charge on any atom is -0.379 e. The summed E-state index contributed by atoms with van der Waals surface area (Å²) in [5.41, 5.74) is 2.98. The summed E-state index contributed by atoms with van der Waals surface area (Å²) in [4.78, 5) is 12.0. The fourth-order valence-electron chi connectivity index (χ4n) is 2.72. The molecule has 2 atom stereocenters. The van der Waals surface area contributed by atoms with E-state index in [-0.39, 0.29) is 5.91 Å². The molecule has 0 aliphatic carbocycles. The monoisotopic (exact) mass is 255 g/mol. The Morgan fingerprint density at radius 3 is 2.94 bits per heavy atom. The van der Waals surface area contributed by atoms with Gasteiger partial charge in [-0.3, -0.25) is 10.2 Å². The summed E-state index contributed by atoms with van der Waals surface area (Å²) in [6.45, 7) is 7.40. The Labute approximate surface area is 109 Å². The summed E-state index contributed by atoms with van der Waals surface area (Å²) in [5.74, 6) is 1.25. The van der Waals surface area contributed by atoms with Crippen LogP contribution in [0.5, 0.6) is 0 Å². The lowest BCUT2D eigenvalue weighted by atomic mass is 9.85. The second-order valence-electron chi connectivity index (χ2n) is 5.42. The molecule has 2 saturated heterocycles. The van der Waals surface area contributed by atoms with Gasteiger partial charge in [0.05, 0.1) is 13.2 Å². The third kappa shape index (κ3) is 4.23. The molecule has 18 heavy (non-hydrogen) atoms. The van der Waals surface area contributed by atoms with Crippen molar-refractivity contribution in [2.24, 2.45) is 11.8 Å². The fraction of sp³-hybridized carbons (Fsp3) is 0.923. The molecule has 0 aromatic carbocycles. The average Bonchev–Trinajstić information content (AvgIpc) is 2.40. The molecule has 0 spiro atoms. The summed E-state index contributed by atoms with van der Waals surface area (Å²) >= 11 is 0. The van der Waals surface area contributed by atoms with E-state index in [0.717, 1.165) is 26.2 Å². The van der Waals surface area contributed by atoms with Gasteiger partial charge in [0.1, 0.15) is 0 Å². The van der Waals surface area contributed by atoms with E-state index in [0.29, 0.717) is 31.5 Å². The molecule has 2 aliphatic heterocycles. The molecular formula is C13H25N3O2. The van der Waals surface area contributed by atoms with Gasteiger partial charge in [0.25, 0.3) is 0 Å². The quantitative estimate of drug-likeness (QED) is 0.762. The van der Waals surface area contributed by atoms with Gasteiger partial charge in [0, 0.05) is 19.5 Å². The van der Waals surface area contributed by atoms with E-state index in [1.54, 1.807) is 0 Å². The molecule has 5 nitrogen and oxygen atoms in total. The molecule has 2 aliphatic rings. The van der Waals surface area contributed by atoms with E-state index in [2.05, 4.69) is 17.7 Å². The summed E-state index contributed by atoms with van der Waals surface area (Å²) in [5, 5.41) is 5.38. The Kier molecular flexibility index (Phi) is 5.41. The third-order valence-electron chi connectivity index (χ3n) is 3.94. The van der Waals surface area contributed by atoms with Gasteiger partial charge in [-0.2, -0.15) is 0 Å². The van der Waals surface area contributed by atoms with Crippen molar-refractivity contribution in [1.29, 1.82) is 0 Å². The molecule has 0 aromatic rings. The highest BCUT2D eigenvalue weighted by atomic mass is 16.5. The van der Waals surface area contributed by atoms with Gasteiger partial charge in [0.2, 0.25) is 5.91 Å². The maximum Gasteiger partial charge on any atom is 0.234 e. The zero-order valence-corrected chi connectivity index (χ0v) is 11.3. The van der Waals surface area contributed by atoms with Crippen LogP contribution in [0.2, 0.25) is 0 Å². The number of morpholine rings is 1.